The normalized spacial score (nSPS) is 22.3. The maximum absolute atomic E-state index is 13.4. The van der Waals surface area contributed by atoms with E-state index in [1.807, 2.05) is 48.0 Å². The van der Waals surface area contributed by atoms with Crippen LogP contribution in [0.1, 0.15) is 83.6 Å². The molecule has 1 amide bonds. The van der Waals surface area contributed by atoms with E-state index in [1.54, 1.807) is 4.90 Å². The molecule has 2 saturated carbocycles. The monoisotopic (exact) mass is 507 g/mol. The molecule has 0 unspecified atom stereocenters. The molecule has 0 spiro atoms. The molecule has 2 aromatic carbocycles. The first kappa shape index (κ1) is 23.6. The van der Waals surface area contributed by atoms with E-state index in [0.29, 0.717) is 42.9 Å². The van der Waals surface area contributed by atoms with Gasteiger partial charge in [0.15, 0.2) is 0 Å². The van der Waals surface area contributed by atoms with Gasteiger partial charge in [-0.25, -0.2) is 4.39 Å². The molecule has 1 aromatic heterocycles. The second-order valence-corrected chi connectivity index (χ2v) is 11.3. The number of benzene rings is 2. The van der Waals surface area contributed by atoms with Crippen molar-refractivity contribution in [2.75, 3.05) is 4.90 Å². The quantitative estimate of drug-likeness (QED) is 0.461. The summed E-state index contributed by atoms with van der Waals surface area (Å²) in [4.78, 5) is 15.2. The fourth-order valence-corrected chi connectivity index (χ4v) is 5.89. The lowest BCUT2D eigenvalue weighted by molar-refractivity contribution is 0.0996. The number of nitrogens with one attached hydrogen (secondary N) is 1. The fourth-order valence-electron chi connectivity index (χ4n) is 5.59. The van der Waals surface area contributed by atoms with Gasteiger partial charge in [-0.3, -0.25) is 4.79 Å². The lowest BCUT2D eigenvalue weighted by Crippen LogP contribution is -2.47. The average molecular weight is 508 g/mol. The molecule has 0 saturated heterocycles. The van der Waals surface area contributed by atoms with Crippen LogP contribution in [0.5, 0.6) is 0 Å². The lowest BCUT2D eigenvalue weighted by atomic mass is 9.78. The first-order valence-electron chi connectivity index (χ1n) is 12.8. The largest absolute Gasteiger partial charge is 0.318 e. The van der Waals surface area contributed by atoms with Gasteiger partial charge in [0.25, 0.3) is 5.91 Å². The number of aromatic nitrogens is 3. The van der Waals surface area contributed by atoms with E-state index >= 15 is 0 Å². The van der Waals surface area contributed by atoms with Crippen molar-refractivity contribution in [1.82, 2.24) is 20.1 Å². The highest BCUT2D eigenvalue weighted by Crippen LogP contribution is 2.38. The lowest BCUT2D eigenvalue weighted by Gasteiger charge is -2.39. The predicted octanol–water partition coefficient (Wildman–Crippen LogP) is 5.47. The molecule has 188 valence electrons. The van der Waals surface area contributed by atoms with Crippen LogP contribution in [0.3, 0.4) is 0 Å². The van der Waals surface area contributed by atoms with E-state index in [9.17, 15) is 9.18 Å². The molecule has 36 heavy (non-hydrogen) atoms. The minimum Gasteiger partial charge on any atom is -0.318 e. The Bertz CT molecular complexity index is 1330. The average Bonchev–Trinajstić information content (AvgIpc) is 3.35. The van der Waals surface area contributed by atoms with E-state index in [4.69, 9.17) is 11.6 Å². The Hall–Kier alpha value is -2.77. The summed E-state index contributed by atoms with van der Waals surface area (Å²) in [6.45, 7) is 3.42. The summed E-state index contributed by atoms with van der Waals surface area (Å²) >= 11 is 6.65. The Kier molecular flexibility index (Phi) is 5.88. The van der Waals surface area contributed by atoms with Gasteiger partial charge in [0.05, 0.1) is 6.54 Å². The van der Waals surface area contributed by atoms with Gasteiger partial charge in [0, 0.05) is 53.3 Å². The summed E-state index contributed by atoms with van der Waals surface area (Å²) in [7, 11) is 1.94. The highest BCUT2D eigenvalue weighted by molar-refractivity contribution is 6.32. The van der Waals surface area contributed by atoms with Gasteiger partial charge >= 0.3 is 0 Å². The highest BCUT2D eigenvalue weighted by Gasteiger charge is 2.35. The molecule has 1 N–H and O–H groups in total. The second-order valence-electron chi connectivity index (χ2n) is 10.9. The van der Waals surface area contributed by atoms with Gasteiger partial charge in [-0.2, -0.15) is 0 Å². The minimum absolute atomic E-state index is 0.0209. The Labute approximate surface area is 215 Å². The zero-order valence-corrected chi connectivity index (χ0v) is 21.5. The summed E-state index contributed by atoms with van der Waals surface area (Å²) in [5.74, 6) is 1.82. The van der Waals surface area contributed by atoms with Crippen molar-refractivity contribution in [3.63, 3.8) is 0 Å². The van der Waals surface area contributed by atoms with Crippen LogP contribution in [-0.2, 0) is 26.6 Å². The summed E-state index contributed by atoms with van der Waals surface area (Å²) in [5, 5.41) is 13.0. The summed E-state index contributed by atoms with van der Waals surface area (Å²) < 4.78 is 15.3. The molecule has 3 aromatic rings. The number of nitrogens with zero attached hydrogens (tertiary/aromatic N) is 4. The Morgan fingerprint density at radius 3 is 2.69 bits per heavy atom. The van der Waals surface area contributed by atoms with Crippen LogP contribution in [0, 0.1) is 0 Å². The van der Waals surface area contributed by atoms with Crippen molar-refractivity contribution >= 4 is 23.2 Å². The molecule has 2 aliphatic carbocycles. The number of rotatable bonds is 7. The second kappa shape index (κ2) is 8.96. The van der Waals surface area contributed by atoms with Crippen molar-refractivity contribution in [1.29, 1.82) is 0 Å². The maximum atomic E-state index is 13.4. The summed E-state index contributed by atoms with van der Waals surface area (Å²) in [6, 6.07) is 12.0. The molecule has 0 radical (unpaired) electrons. The van der Waals surface area contributed by atoms with Crippen LogP contribution in [-0.4, -0.2) is 32.4 Å². The molecular weight excluding hydrogens is 477 g/mol. The molecule has 0 bridgehead atoms. The third-order valence-corrected chi connectivity index (χ3v) is 8.59. The fraction of sp³-hybridized carbons (Fsp3) is 0.464. The predicted molar refractivity (Wildman–Crippen MR) is 138 cm³/mol. The minimum atomic E-state index is -0.721. The van der Waals surface area contributed by atoms with Crippen LogP contribution in [0.25, 0.3) is 0 Å². The maximum Gasteiger partial charge on any atom is 0.258 e. The molecule has 6 nitrogen and oxygen atoms in total. The molecule has 1 aliphatic heterocycles. The molecule has 8 heteroatoms. The number of carbonyl (C=O) groups excluding carboxylic acids is 1. The van der Waals surface area contributed by atoms with E-state index in [0.717, 1.165) is 34.0 Å². The summed E-state index contributed by atoms with van der Waals surface area (Å²) in [5.41, 5.74) is 4.69. The van der Waals surface area contributed by atoms with Crippen molar-refractivity contribution in [3.05, 3.63) is 75.3 Å². The molecule has 2 fully saturated rings. The van der Waals surface area contributed by atoms with Gasteiger partial charge in [0.1, 0.15) is 17.8 Å². The smallest absolute Gasteiger partial charge is 0.258 e. The van der Waals surface area contributed by atoms with Crippen molar-refractivity contribution in [2.24, 2.45) is 7.05 Å². The SMILES string of the molecule is Cn1c(Cc2cccc(N3Cc4c(Cl)cc(CNC5(C)CCC5)cc4C3=O)c2)nnc1C1CC(F)C1. The van der Waals surface area contributed by atoms with Gasteiger partial charge in [0.2, 0.25) is 0 Å². The van der Waals surface area contributed by atoms with E-state index in [1.165, 1.54) is 19.3 Å². The van der Waals surface area contributed by atoms with Crippen LogP contribution >= 0.6 is 11.6 Å². The number of halogens is 2. The van der Waals surface area contributed by atoms with E-state index in [-0.39, 0.29) is 17.4 Å². The van der Waals surface area contributed by atoms with Crippen LogP contribution in [0.2, 0.25) is 5.02 Å². The topological polar surface area (TPSA) is 63.0 Å². The third kappa shape index (κ3) is 4.22. The van der Waals surface area contributed by atoms with Crippen LogP contribution in [0.15, 0.2) is 36.4 Å². The number of anilines is 1. The zero-order valence-electron chi connectivity index (χ0n) is 20.7. The molecule has 3 aliphatic rings. The Balaban J connectivity index is 1.19. The summed E-state index contributed by atoms with van der Waals surface area (Å²) in [6.07, 6.45) is 4.55. The standard InChI is InChI=1S/C28H31ClFN5O/c1-28(7-4-8-28)31-15-18-10-22-23(24(29)11-18)16-35(27(22)36)21-6-3-5-17(9-21)12-25-32-33-26(34(25)2)19-13-20(30)14-19/h3,5-6,9-11,19-20,31H,4,7-8,12-16H2,1-2H3. The first-order valence-corrected chi connectivity index (χ1v) is 13.2. The Morgan fingerprint density at radius 1 is 1.17 bits per heavy atom. The highest BCUT2D eigenvalue weighted by atomic mass is 35.5. The molecular formula is C28H31ClFN5O. The Morgan fingerprint density at radius 2 is 1.97 bits per heavy atom. The van der Waals surface area contributed by atoms with Crippen LogP contribution < -0.4 is 10.2 Å². The van der Waals surface area contributed by atoms with Gasteiger partial charge in [-0.1, -0.05) is 23.7 Å². The third-order valence-electron chi connectivity index (χ3n) is 8.25. The van der Waals surface area contributed by atoms with Crippen LogP contribution in [0.4, 0.5) is 10.1 Å². The molecule has 6 rings (SSSR count). The number of hydrogen-bond acceptors (Lipinski definition) is 4. The first-order chi connectivity index (χ1) is 17.3. The van der Waals surface area contributed by atoms with Gasteiger partial charge in [-0.05, 0) is 74.4 Å². The number of alkyl halides is 1. The van der Waals surface area contributed by atoms with E-state index < -0.39 is 6.17 Å². The number of fused-ring (bicyclic) bond motifs is 1. The van der Waals surface area contributed by atoms with Crippen molar-refractivity contribution in [2.45, 2.75) is 76.2 Å². The van der Waals surface area contributed by atoms with Crippen molar-refractivity contribution < 1.29 is 9.18 Å². The molecule has 2 heterocycles. The van der Waals surface area contributed by atoms with E-state index in [2.05, 4.69) is 22.4 Å². The number of carbonyl (C=O) groups is 1. The van der Waals surface area contributed by atoms with Gasteiger partial charge < -0.3 is 14.8 Å². The number of hydrogen-bond donors (Lipinski definition) is 1. The zero-order chi connectivity index (χ0) is 25.0. The number of amides is 1. The molecule has 0 atom stereocenters. The van der Waals surface area contributed by atoms with Gasteiger partial charge in [-0.15, -0.1) is 10.2 Å². The van der Waals surface area contributed by atoms with Crippen molar-refractivity contribution in [3.8, 4) is 0 Å².